The van der Waals surface area contributed by atoms with Gasteiger partial charge in [0.25, 0.3) is 0 Å². The van der Waals surface area contributed by atoms with E-state index in [1.807, 2.05) is 12.1 Å². The fourth-order valence-corrected chi connectivity index (χ4v) is 3.03. The molecule has 0 saturated carbocycles. The Bertz CT molecular complexity index is 844. The van der Waals surface area contributed by atoms with E-state index in [0.29, 0.717) is 19.4 Å². The van der Waals surface area contributed by atoms with Crippen LogP contribution < -0.4 is 0 Å². The van der Waals surface area contributed by atoms with Crippen molar-refractivity contribution in [3.63, 3.8) is 0 Å². The molecule has 1 aliphatic rings. The Morgan fingerprint density at radius 1 is 1.13 bits per heavy atom. The number of hydrogen-bond acceptors (Lipinski definition) is 4. The molecule has 0 spiro atoms. The first-order valence-electron chi connectivity index (χ1n) is 8.99. The van der Waals surface area contributed by atoms with Crippen LogP contribution in [0.1, 0.15) is 17.5 Å². The second-order valence-electron chi connectivity index (χ2n) is 6.68. The number of nitrogens with zero attached hydrogens (tertiary/aromatic N) is 2. The molecule has 1 fully saturated rings. The highest BCUT2D eigenvalue weighted by atomic mass is 19.4. The standard InChI is InChI=1S/C18H19FN2O2.C2HF3O2/c19-15-5-3-13(4-6-15)11-18(23)21-9-7-17(22)16(21)10-14-2-1-8-20-12-14;3-2(4,5)1(6)7/h1-6,8,12,16-17,22H,7,9-11H2;(H,6,7)/t16-,17-;/m1./s1. The van der Waals surface area contributed by atoms with Gasteiger partial charge in [0.2, 0.25) is 5.91 Å². The van der Waals surface area contributed by atoms with E-state index in [1.165, 1.54) is 12.1 Å². The molecular formula is C20H20F4N2O4. The van der Waals surface area contributed by atoms with E-state index in [-0.39, 0.29) is 24.2 Å². The fraction of sp³-hybridized carbons (Fsp3) is 0.350. The largest absolute Gasteiger partial charge is 0.490 e. The van der Waals surface area contributed by atoms with Crippen molar-refractivity contribution in [3.05, 3.63) is 65.7 Å². The predicted molar refractivity (Wildman–Crippen MR) is 97.9 cm³/mol. The number of aliphatic hydroxyl groups excluding tert-OH is 1. The van der Waals surface area contributed by atoms with Crippen LogP contribution in [-0.2, 0) is 22.4 Å². The molecule has 1 aromatic carbocycles. The monoisotopic (exact) mass is 428 g/mol. The summed E-state index contributed by atoms with van der Waals surface area (Å²) in [4.78, 5) is 27.3. The number of pyridine rings is 1. The molecule has 0 bridgehead atoms. The van der Waals surface area contributed by atoms with Crippen molar-refractivity contribution < 1.29 is 37.4 Å². The average molecular weight is 428 g/mol. The van der Waals surface area contributed by atoms with Gasteiger partial charge in [0.15, 0.2) is 0 Å². The molecule has 0 unspecified atom stereocenters. The Morgan fingerprint density at radius 3 is 2.30 bits per heavy atom. The number of carboxylic acids is 1. The summed E-state index contributed by atoms with van der Waals surface area (Å²) >= 11 is 0. The van der Waals surface area contributed by atoms with Crippen molar-refractivity contribution in [2.24, 2.45) is 0 Å². The zero-order valence-electron chi connectivity index (χ0n) is 15.7. The molecule has 0 aliphatic carbocycles. The molecule has 6 nitrogen and oxygen atoms in total. The van der Waals surface area contributed by atoms with Gasteiger partial charge in [0, 0.05) is 18.9 Å². The summed E-state index contributed by atoms with van der Waals surface area (Å²) < 4.78 is 44.7. The van der Waals surface area contributed by atoms with E-state index < -0.39 is 18.2 Å². The Hall–Kier alpha value is -3.01. The summed E-state index contributed by atoms with van der Waals surface area (Å²) in [5.74, 6) is -3.11. The third kappa shape index (κ3) is 6.80. The maximum atomic E-state index is 12.9. The van der Waals surface area contributed by atoms with E-state index in [4.69, 9.17) is 9.90 Å². The molecule has 1 aliphatic heterocycles. The molecule has 2 atom stereocenters. The van der Waals surface area contributed by atoms with Gasteiger partial charge in [-0.2, -0.15) is 13.2 Å². The van der Waals surface area contributed by atoms with Crippen LogP contribution in [0.25, 0.3) is 0 Å². The van der Waals surface area contributed by atoms with Crippen molar-refractivity contribution >= 4 is 11.9 Å². The quantitative estimate of drug-likeness (QED) is 0.731. The van der Waals surface area contributed by atoms with E-state index in [2.05, 4.69) is 4.98 Å². The van der Waals surface area contributed by atoms with Crippen molar-refractivity contribution in [2.45, 2.75) is 37.6 Å². The van der Waals surface area contributed by atoms with E-state index in [0.717, 1.165) is 11.1 Å². The number of carbonyl (C=O) groups excluding carboxylic acids is 1. The minimum absolute atomic E-state index is 0.0398. The molecule has 2 N–H and O–H groups in total. The summed E-state index contributed by atoms with van der Waals surface area (Å²) in [5.41, 5.74) is 1.77. The second-order valence-corrected chi connectivity index (χ2v) is 6.68. The number of likely N-dealkylation sites (tertiary alicyclic amines) is 1. The summed E-state index contributed by atoms with van der Waals surface area (Å²) in [7, 11) is 0. The Labute approximate surface area is 169 Å². The number of rotatable bonds is 4. The van der Waals surface area contributed by atoms with Gasteiger partial charge in [-0.25, -0.2) is 9.18 Å². The Morgan fingerprint density at radius 2 is 1.77 bits per heavy atom. The van der Waals surface area contributed by atoms with Crippen LogP contribution in [-0.4, -0.2) is 56.8 Å². The van der Waals surface area contributed by atoms with Gasteiger partial charge >= 0.3 is 12.1 Å². The highest BCUT2D eigenvalue weighted by Crippen LogP contribution is 2.23. The first-order chi connectivity index (χ1) is 14.1. The molecular weight excluding hydrogens is 408 g/mol. The van der Waals surface area contributed by atoms with E-state index in [1.54, 1.807) is 29.4 Å². The van der Waals surface area contributed by atoms with Crippen molar-refractivity contribution in [3.8, 4) is 0 Å². The smallest absolute Gasteiger partial charge is 0.475 e. The van der Waals surface area contributed by atoms with Gasteiger partial charge in [-0.1, -0.05) is 18.2 Å². The lowest BCUT2D eigenvalue weighted by Crippen LogP contribution is -2.41. The highest BCUT2D eigenvalue weighted by Gasteiger charge is 2.38. The maximum absolute atomic E-state index is 12.9. The normalized spacial score (nSPS) is 18.5. The first-order valence-corrected chi connectivity index (χ1v) is 8.99. The van der Waals surface area contributed by atoms with Crippen molar-refractivity contribution in [1.29, 1.82) is 0 Å². The topological polar surface area (TPSA) is 90.7 Å². The average Bonchev–Trinajstić information content (AvgIpc) is 3.05. The number of halogens is 4. The third-order valence-corrected chi connectivity index (χ3v) is 4.51. The van der Waals surface area contributed by atoms with Crippen LogP contribution in [0.3, 0.4) is 0 Å². The lowest BCUT2D eigenvalue weighted by atomic mass is 10.0. The molecule has 1 amide bonds. The van der Waals surface area contributed by atoms with Crippen molar-refractivity contribution in [1.82, 2.24) is 9.88 Å². The van der Waals surface area contributed by atoms with Crippen LogP contribution in [0.2, 0.25) is 0 Å². The van der Waals surface area contributed by atoms with Gasteiger partial charge in [0.1, 0.15) is 5.82 Å². The number of carbonyl (C=O) groups is 2. The van der Waals surface area contributed by atoms with E-state index in [9.17, 15) is 27.5 Å². The molecule has 3 rings (SSSR count). The number of alkyl halides is 3. The predicted octanol–water partition coefficient (Wildman–Crippen LogP) is 2.60. The molecule has 2 heterocycles. The number of hydrogen-bond donors (Lipinski definition) is 2. The zero-order valence-corrected chi connectivity index (χ0v) is 15.7. The maximum Gasteiger partial charge on any atom is 0.490 e. The van der Waals surface area contributed by atoms with Gasteiger partial charge in [0.05, 0.1) is 18.6 Å². The Kier molecular flexibility index (Phi) is 7.87. The van der Waals surface area contributed by atoms with Gasteiger partial charge in [-0.05, 0) is 42.2 Å². The molecule has 162 valence electrons. The molecule has 0 radical (unpaired) electrons. The lowest BCUT2D eigenvalue weighted by molar-refractivity contribution is -0.192. The molecule has 1 aromatic heterocycles. The molecule has 1 saturated heterocycles. The van der Waals surface area contributed by atoms with Crippen LogP contribution in [0, 0.1) is 5.82 Å². The summed E-state index contributed by atoms with van der Waals surface area (Å²) in [6.07, 6.45) is -0.757. The number of aliphatic hydroxyl groups is 1. The number of aliphatic carboxylic acids is 1. The summed E-state index contributed by atoms with van der Waals surface area (Å²) in [6, 6.07) is 9.52. The number of amides is 1. The SMILES string of the molecule is O=C(Cc1ccc(F)cc1)N1CC[C@@H](O)[C@H]1Cc1cccnc1.O=C(O)C(F)(F)F. The molecule has 2 aromatic rings. The third-order valence-electron chi connectivity index (χ3n) is 4.51. The summed E-state index contributed by atoms with van der Waals surface area (Å²) in [6.45, 7) is 0.548. The van der Waals surface area contributed by atoms with Crippen LogP contribution >= 0.6 is 0 Å². The lowest BCUT2D eigenvalue weighted by Gasteiger charge is -2.26. The minimum atomic E-state index is -5.08. The van der Waals surface area contributed by atoms with Gasteiger partial charge in [-0.3, -0.25) is 9.78 Å². The highest BCUT2D eigenvalue weighted by molar-refractivity contribution is 5.79. The summed E-state index contributed by atoms with van der Waals surface area (Å²) in [5, 5.41) is 17.3. The zero-order chi connectivity index (χ0) is 22.3. The van der Waals surface area contributed by atoms with Crippen LogP contribution in [0.15, 0.2) is 48.8 Å². The van der Waals surface area contributed by atoms with Crippen molar-refractivity contribution in [2.75, 3.05) is 6.54 Å². The second kappa shape index (κ2) is 10.1. The number of aromatic nitrogens is 1. The molecule has 10 heteroatoms. The first kappa shape index (κ1) is 23.3. The number of carboxylic acid groups (broad SMARTS) is 1. The van der Waals surface area contributed by atoms with Crippen LogP contribution in [0.4, 0.5) is 17.6 Å². The van der Waals surface area contributed by atoms with Crippen LogP contribution in [0.5, 0.6) is 0 Å². The van der Waals surface area contributed by atoms with E-state index >= 15 is 0 Å². The fourth-order valence-electron chi connectivity index (χ4n) is 3.03. The number of benzene rings is 1. The van der Waals surface area contributed by atoms with Gasteiger partial charge < -0.3 is 15.1 Å². The minimum Gasteiger partial charge on any atom is -0.475 e. The van der Waals surface area contributed by atoms with Gasteiger partial charge in [-0.15, -0.1) is 0 Å². The Balaban J connectivity index is 0.000000396. The molecule has 30 heavy (non-hydrogen) atoms.